The lowest BCUT2D eigenvalue weighted by molar-refractivity contribution is -0.134. The maximum Gasteiger partial charge on any atom is 0.261 e. The fourth-order valence-corrected chi connectivity index (χ4v) is 3.39. The van der Waals surface area contributed by atoms with E-state index in [0.717, 1.165) is 35.7 Å². The largest absolute Gasteiger partial charge is 0.497 e. The number of rotatable bonds is 7. The molecule has 1 aliphatic rings. The van der Waals surface area contributed by atoms with E-state index in [1.54, 1.807) is 45.6 Å². The monoisotopic (exact) mass is 371 g/mol. The molecule has 0 unspecified atom stereocenters. The van der Waals surface area contributed by atoms with Gasteiger partial charge in [-0.15, -0.1) is 0 Å². The van der Waals surface area contributed by atoms with E-state index in [0.29, 0.717) is 12.3 Å². The van der Waals surface area contributed by atoms with Crippen LogP contribution >= 0.6 is 0 Å². The van der Waals surface area contributed by atoms with Crippen LogP contribution in [0.2, 0.25) is 0 Å². The molecule has 2 aromatic carbocycles. The minimum absolute atomic E-state index is 0.00485. The Morgan fingerprint density at radius 1 is 0.963 bits per heavy atom. The van der Waals surface area contributed by atoms with Crippen LogP contribution < -0.4 is 18.9 Å². The second-order valence-corrected chi connectivity index (χ2v) is 6.32. The lowest BCUT2D eigenvalue weighted by Crippen LogP contribution is -2.34. The average Bonchev–Trinajstić information content (AvgIpc) is 3.21. The summed E-state index contributed by atoms with van der Waals surface area (Å²) < 4.78 is 21.6. The highest BCUT2D eigenvalue weighted by atomic mass is 16.5. The summed E-state index contributed by atoms with van der Waals surface area (Å²) in [7, 11) is 4.88. The van der Waals surface area contributed by atoms with Crippen LogP contribution in [0.3, 0.4) is 0 Å². The molecule has 6 nitrogen and oxygen atoms in total. The van der Waals surface area contributed by atoms with Crippen LogP contribution in [0, 0.1) is 0 Å². The zero-order valence-corrected chi connectivity index (χ0v) is 15.9. The number of nitrogens with zero attached hydrogens (tertiary/aromatic N) is 1. The average molecular weight is 371 g/mol. The third-order valence-electron chi connectivity index (χ3n) is 4.79. The van der Waals surface area contributed by atoms with Gasteiger partial charge in [-0.25, -0.2) is 0 Å². The van der Waals surface area contributed by atoms with Crippen molar-refractivity contribution in [1.82, 2.24) is 4.90 Å². The molecule has 0 aliphatic carbocycles. The van der Waals surface area contributed by atoms with Gasteiger partial charge >= 0.3 is 0 Å². The predicted octanol–water partition coefficient (Wildman–Crippen LogP) is 3.45. The lowest BCUT2D eigenvalue weighted by atomic mass is 10.0. The van der Waals surface area contributed by atoms with Gasteiger partial charge in [-0.3, -0.25) is 4.79 Å². The summed E-state index contributed by atoms with van der Waals surface area (Å²) in [5.41, 5.74) is 0.965. The molecule has 0 aromatic heterocycles. The quantitative estimate of drug-likeness (QED) is 0.746. The van der Waals surface area contributed by atoms with E-state index in [-0.39, 0.29) is 18.6 Å². The molecule has 1 aliphatic heterocycles. The molecular formula is C21H25NO5. The molecule has 0 radical (unpaired) electrons. The number of benzene rings is 2. The predicted molar refractivity (Wildman–Crippen MR) is 102 cm³/mol. The van der Waals surface area contributed by atoms with E-state index >= 15 is 0 Å². The van der Waals surface area contributed by atoms with Crippen molar-refractivity contribution in [1.29, 1.82) is 0 Å². The van der Waals surface area contributed by atoms with Gasteiger partial charge in [0, 0.05) is 12.1 Å². The van der Waals surface area contributed by atoms with E-state index in [4.69, 9.17) is 18.9 Å². The third kappa shape index (κ3) is 4.27. The van der Waals surface area contributed by atoms with E-state index in [9.17, 15) is 4.79 Å². The Labute approximate surface area is 159 Å². The molecule has 144 valence electrons. The minimum atomic E-state index is -0.0433. The van der Waals surface area contributed by atoms with Crippen molar-refractivity contribution < 1.29 is 23.7 Å². The molecular weight excluding hydrogens is 346 g/mol. The molecule has 2 aromatic rings. The first-order valence-corrected chi connectivity index (χ1v) is 8.94. The van der Waals surface area contributed by atoms with E-state index in [1.165, 1.54) is 0 Å². The SMILES string of the molecule is COc1ccc(OCC(=O)N2CCC[C@@H]2c2cc(OC)ccc2OC)cc1. The first-order chi connectivity index (χ1) is 13.2. The molecule has 1 saturated heterocycles. The maximum absolute atomic E-state index is 12.8. The topological polar surface area (TPSA) is 57.2 Å². The highest BCUT2D eigenvalue weighted by Crippen LogP contribution is 2.39. The van der Waals surface area contributed by atoms with Crippen molar-refractivity contribution >= 4 is 5.91 Å². The van der Waals surface area contributed by atoms with Crippen molar-refractivity contribution in [2.75, 3.05) is 34.5 Å². The van der Waals surface area contributed by atoms with Crippen LogP contribution in [0.25, 0.3) is 0 Å². The normalized spacial score (nSPS) is 16.1. The first kappa shape index (κ1) is 18.9. The van der Waals surface area contributed by atoms with Gasteiger partial charge in [0.25, 0.3) is 5.91 Å². The smallest absolute Gasteiger partial charge is 0.261 e. The van der Waals surface area contributed by atoms with Gasteiger partial charge in [-0.2, -0.15) is 0 Å². The maximum atomic E-state index is 12.8. The van der Waals surface area contributed by atoms with Crippen LogP contribution in [0.4, 0.5) is 0 Å². The molecule has 1 heterocycles. The molecule has 1 atom stereocenters. The van der Waals surface area contributed by atoms with Crippen molar-refractivity contribution in [2.45, 2.75) is 18.9 Å². The second kappa shape index (κ2) is 8.66. The van der Waals surface area contributed by atoms with Crippen LogP contribution in [0.1, 0.15) is 24.4 Å². The van der Waals surface area contributed by atoms with E-state index < -0.39 is 0 Å². The first-order valence-electron chi connectivity index (χ1n) is 8.94. The summed E-state index contributed by atoms with van der Waals surface area (Å²) in [5.74, 6) is 2.85. The summed E-state index contributed by atoms with van der Waals surface area (Å²) >= 11 is 0. The summed E-state index contributed by atoms with van der Waals surface area (Å²) in [5, 5.41) is 0. The fourth-order valence-electron chi connectivity index (χ4n) is 3.39. The van der Waals surface area contributed by atoms with Gasteiger partial charge < -0.3 is 23.8 Å². The molecule has 1 amide bonds. The number of ether oxygens (including phenoxy) is 4. The van der Waals surface area contributed by atoms with E-state index in [1.807, 2.05) is 23.1 Å². The highest BCUT2D eigenvalue weighted by molar-refractivity contribution is 5.78. The summed E-state index contributed by atoms with van der Waals surface area (Å²) in [6.07, 6.45) is 1.83. The molecule has 0 N–H and O–H groups in total. The molecule has 6 heteroatoms. The van der Waals surface area contributed by atoms with Crippen LogP contribution in [-0.4, -0.2) is 45.3 Å². The standard InChI is InChI=1S/C21H25NO5/c1-24-15-6-8-16(9-7-15)27-14-21(23)22-12-4-5-19(22)18-13-17(25-2)10-11-20(18)26-3/h6-11,13,19H,4-5,12,14H2,1-3H3/t19-/m1/s1. The van der Waals surface area contributed by atoms with Gasteiger partial charge in [0.1, 0.15) is 23.0 Å². The van der Waals surface area contributed by atoms with Gasteiger partial charge in [-0.05, 0) is 55.3 Å². The Kier molecular flexibility index (Phi) is 6.06. The molecule has 0 spiro atoms. The van der Waals surface area contributed by atoms with Crippen molar-refractivity contribution in [2.24, 2.45) is 0 Å². The Bertz CT molecular complexity index is 775. The Hall–Kier alpha value is -2.89. The van der Waals surface area contributed by atoms with Crippen molar-refractivity contribution in [3.63, 3.8) is 0 Å². The Morgan fingerprint density at radius 2 is 1.63 bits per heavy atom. The van der Waals surface area contributed by atoms with Crippen molar-refractivity contribution in [3.8, 4) is 23.0 Å². The van der Waals surface area contributed by atoms with Crippen LogP contribution in [0.15, 0.2) is 42.5 Å². The molecule has 0 bridgehead atoms. The van der Waals surface area contributed by atoms with Gasteiger partial charge in [0.15, 0.2) is 6.61 Å². The van der Waals surface area contributed by atoms with Crippen LogP contribution in [-0.2, 0) is 4.79 Å². The summed E-state index contributed by atoms with van der Waals surface area (Å²) in [6.45, 7) is 0.699. The number of carbonyl (C=O) groups excluding carboxylic acids is 1. The fraction of sp³-hybridized carbons (Fsp3) is 0.381. The van der Waals surface area contributed by atoms with Crippen LogP contribution in [0.5, 0.6) is 23.0 Å². The number of likely N-dealkylation sites (tertiary alicyclic amines) is 1. The highest BCUT2D eigenvalue weighted by Gasteiger charge is 2.32. The molecule has 3 rings (SSSR count). The second-order valence-electron chi connectivity index (χ2n) is 6.32. The number of carbonyl (C=O) groups is 1. The zero-order chi connectivity index (χ0) is 19.2. The summed E-state index contributed by atoms with van der Waals surface area (Å²) in [6, 6.07) is 12.8. The van der Waals surface area contributed by atoms with Crippen molar-refractivity contribution in [3.05, 3.63) is 48.0 Å². The molecule has 0 saturated carbocycles. The number of methoxy groups -OCH3 is 3. The third-order valence-corrected chi connectivity index (χ3v) is 4.79. The number of hydrogen-bond donors (Lipinski definition) is 0. The molecule has 27 heavy (non-hydrogen) atoms. The lowest BCUT2D eigenvalue weighted by Gasteiger charge is -2.26. The number of hydrogen-bond acceptors (Lipinski definition) is 5. The zero-order valence-electron chi connectivity index (χ0n) is 15.9. The molecule has 1 fully saturated rings. The Balaban J connectivity index is 1.70. The van der Waals surface area contributed by atoms with Gasteiger partial charge in [-0.1, -0.05) is 0 Å². The summed E-state index contributed by atoms with van der Waals surface area (Å²) in [4.78, 5) is 14.6. The van der Waals surface area contributed by atoms with Gasteiger partial charge in [0.05, 0.1) is 27.4 Å². The van der Waals surface area contributed by atoms with Gasteiger partial charge in [0.2, 0.25) is 0 Å². The number of amides is 1. The van der Waals surface area contributed by atoms with E-state index in [2.05, 4.69) is 0 Å². The Morgan fingerprint density at radius 3 is 2.30 bits per heavy atom. The minimum Gasteiger partial charge on any atom is -0.497 e.